The molecule has 5 rings (SSSR count). The summed E-state index contributed by atoms with van der Waals surface area (Å²) >= 11 is 0. The maximum Gasteiger partial charge on any atom is 0.320 e. The van der Waals surface area contributed by atoms with E-state index in [4.69, 9.17) is 9.41 Å². The molecular formula is C25H19FN4O2. The summed E-state index contributed by atoms with van der Waals surface area (Å²) in [7, 11) is 1.70. The number of nitrogens with zero attached hydrogens (tertiary/aromatic N) is 4. The Morgan fingerprint density at radius 2 is 1.62 bits per heavy atom. The van der Waals surface area contributed by atoms with E-state index in [2.05, 4.69) is 10.2 Å². The Morgan fingerprint density at radius 3 is 2.41 bits per heavy atom. The zero-order chi connectivity index (χ0) is 22.1. The van der Waals surface area contributed by atoms with Gasteiger partial charge in [-0.2, -0.15) is 0 Å². The van der Waals surface area contributed by atoms with Crippen LogP contribution in [0.4, 0.5) is 10.4 Å². The van der Waals surface area contributed by atoms with Gasteiger partial charge in [0.25, 0.3) is 0 Å². The maximum atomic E-state index is 13.2. The summed E-state index contributed by atoms with van der Waals surface area (Å²) in [5.41, 5.74) is 4.10. The normalized spacial score (nSPS) is 15.6. The van der Waals surface area contributed by atoms with Crippen LogP contribution < -0.4 is 4.90 Å². The fourth-order valence-electron chi connectivity index (χ4n) is 3.75. The van der Waals surface area contributed by atoms with Crippen LogP contribution in [-0.4, -0.2) is 34.9 Å². The Labute approximate surface area is 184 Å². The third-order valence-corrected chi connectivity index (χ3v) is 5.40. The lowest BCUT2D eigenvalue weighted by Gasteiger charge is -2.21. The van der Waals surface area contributed by atoms with Gasteiger partial charge in [-0.1, -0.05) is 59.7 Å². The van der Waals surface area contributed by atoms with Gasteiger partial charge in [0.2, 0.25) is 5.89 Å². The molecule has 0 fully saturated rings. The molecule has 158 valence electrons. The Balaban J connectivity index is 1.54. The summed E-state index contributed by atoms with van der Waals surface area (Å²) in [5, 5.41) is 8.15. The second-order valence-corrected chi connectivity index (χ2v) is 7.53. The summed E-state index contributed by atoms with van der Waals surface area (Å²) in [6.07, 6.45) is -0.594. The van der Waals surface area contributed by atoms with E-state index in [0.29, 0.717) is 5.56 Å². The van der Waals surface area contributed by atoms with Crippen LogP contribution in [0.3, 0.4) is 0 Å². The smallest absolute Gasteiger partial charge is 0.320 e. The first-order valence-electron chi connectivity index (χ1n) is 10.2. The predicted octanol–water partition coefficient (Wildman–Crippen LogP) is 4.30. The molecule has 32 heavy (non-hydrogen) atoms. The minimum atomic E-state index is -0.834. The molecule has 3 aromatic carbocycles. The highest BCUT2D eigenvalue weighted by atomic mass is 19.1. The van der Waals surface area contributed by atoms with Gasteiger partial charge in [-0.3, -0.25) is 14.7 Å². The average molecular weight is 426 g/mol. The summed E-state index contributed by atoms with van der Waals surface area (Å²) in [4.78, 5) is 19.6. The predicted molar refractivity (Wildman–Crippen MR) is 119 cm³/mol. The van der Waals surface area contributed by atoms with Gasteiger partial charge in [0, 0.05) is 30.2 Å². The molecule has 0 saturated heterocycles. The van der Waals surface area contributed by atoms with Crippen molar-refractivity contribution in [3.8, 4) is 11.5 Å². The van der Waals surface area contributed by atoms with Gasteiger partial charge in [0.15, 0.2) is 11.9 Å². The molecule has 2 heterocycles. The number of fused-ring (bicyclic) bond motifs is 1. The number of hydrogen-bond donors (Lipinski definition) is 0. The molecule has 0 unspecified atom stereocenters. The van der Waals surface area contributed by atoms with Gasteiger partial charge in [0.1, 0.15) is 5.82 Å². The topological polar surface area (TPSA) is 71.6 Å². The lowest BCUT2D eigenvalue weighted by Crippen LogP contribution is -2.38. The standard InChI is InChI=1S/C25H19FN4O2/c1-30(25-29-28-24(32-25)17-11-13-19(26)14-12-17)23-21(31)15-18-9-5-6-10-20(18)22(27-23)16-7-3-2-4-8-16/h2-14,23H,15H2,1H3/t23-/m1/s1. The zero-order valence-electron chi connectivity index (χ0n) is 17.3. The number of Topliss-reactive ketones (excluding diaryl/α,β-unsaturated/α-hetero) is 1. The van der Waals surface area contributed by atoms with Crippen molar-refractivity contribution in [2.45, 2.75) is 12.6 Å². The second kappa shape index (κ2) is 8.19. The molecule has 0 amide bonds. The monoisotopic (exact) mass is 426 g/mol. The van der Waals surface area contributed by atoms with Crippen molar-refractivity contribution in [1.82, 2.24) is 10.2 Å². The van der Waals surface area contributed by atoms with Crippen molar-refractivity contribution in [3.05, 3.63) is 101 Å². The van der Waals surface area contributed by atoms with Crippen molar-refractivity contribution in [2.75, 3.05) is 11.9 Å². The molecule has 1 aliphatic heterocycles. The SMILES string of the molecule is CN(c1nnc(-c2ccc(F)cc2)o1)[C@H]1N=C(c2ccccc2)c2ccccc2CC1=O. The minimum absolute atomic E-state index is 0.0765. The summed E-state index contributed by atoms with van der Waals surface area (Å²) in [5.74, 6) is -0.187. The molecular weight excluding hydrogens is 407 g/mol. The first-order valence-corrected chi connectivity index (χ1v) is 10.2. The molecule has 4 aromatic rings. The lowest BCUT2D eigenvalue weighted by molar-refractivity contribution is -0.119. The number of aliphatic imine (C=N–C) groups is 1. The summed E-state index contributed by atoms with van der Waals surface area (Å²) in [6, 6.07) is 23.5. The first-order chi connectivity index (χ1) is 15.6. The number of aromatic nitrogens is 2. The summed E-state index contributed by atoms with van der Waals surface area (Å²) < 4.78 is 19.0. The molecule has 1 aliphatic rings. The third kappa shape index (κ3) is 3.69. The number of carbonyl (C=O) groups is 1. The van der Waals surface area contributed by atoms with Crippen LogP contribution >= 0.6 is 0 Å². The number of ketones is 1. The number of hydrogen-bond acceptors (Lipinski definition) is 6. The first kappa shape index (κ1) is 19.8. The summed E-state index contributed by atoms with van der Waals surface area (Å²) in [6.45, 7) is 0. The number of halogens is 1. The minimum Gasteiger partial charge on any atom is -0.403 e. The highest BCUT2D eigenvalue weighted by Gasteiger charge is 2.31. The van der Waals surface area contributed by atoms with E-state index in [9.17, 15) is 9.18 Å². The van der Waals surface area contributed by atoms with Crippen LogP contribution in [0.15, 0.2) is 88.3 Å². The molecule has 0 bridgehead atoms. The lowest BCUT2D eigenvalue weighted by atomic mass is 9.96. The van der Waals surface area contributed by atoms with Gasteiger partial charge in [0.05, 0.1) is 5.71 Å². The molecule has 1 atom stereocenters. The molecule has 0 N–H and O–H groups in total. The van der Waals surface area contributed by atoms with Crippen LogP contribution in [-0.2, 0) is 11.2 Å². The zero-order valence-corrected chi connectivity index (χ0v) is 17.3. The van der Waals surface area contributed by atoms with E-state index in [1.165, 1.54) is 12.1 Å². The molecule has 1 aromatic heterocycles. The number of anilines is 1. The van der Waals surface area contributed by atoms with Gasteiger partial charge < -0.3 is 4.42 Å². The highest BCUT2D eigenvalue weighted by Crippen LogP contribution is 2.27. The van der Waals surface area contributed by atoms with Crippen LogP contribution in [0, 0.1) is 5.82 Å². The second-order valence-electron chi connectivity index (χ2n) is 7.53. The Morgan fingerprint density at radius 1 is 0.906 bits per heavy atom. The molecule has 6 nitrogen and oxygen atoms in total. The molecule has 0 radical (unpaired) electrons. The molecule has 0 spiro atoms. The van der Waals surface area contributed by atoms with E-state index in [1.54, 1.807) is 24.1 Å². The van der Waals surface area contributed by atoms with E-state index in [-0.39, 0.29) is 29.9 Å². The van der Waals surface area contributed by atoms with Crippen LogP contribution in [0.2, 0.25) is 0 Å². The van der Waals surface area contributed by atoms with Gasteiger partial charge in [-0.15, -0.1) is 5.10 Å². The van der Waals surface area contributed by atoms with E-state index in [0.717, 1.165) is 22.4 Å². The van der Waals surface area contributed by atoms with Crippen LogP contribution in [0.1, 0.15) is 16.7 Å². The van der Waals surface area contributed by atoms with Gasteiger partial charge >= 0.3 is 6.01 Å². The van der Waals surface area contributed by atoms with E-state index < -0.39 is 6.17 Å². The quantitative estimate of drug-likeness (QED) is 0.487. The maximum absolute atomic E-state index is 13.2. The van der Waals surface area contributed by atoms with Gasteiger partial charge in [-0.05, 0) is 29.8 Å². The fraction of sp³-hybridized carbons (Fsp3) is 0.120. The largest absolute Gasteiger partial charge is 0.403 e. The van der Waals surface area contributed by atoms with Crippen molar-refractivity contribution in [1.29, 1.82) is 0 Å². The van der Waals surface area contributed by atoms with Crippen LogP contribution in [0.5, 0.6) is 0 Å². The number of benzene rings is 3. The third-order valence-electron chi connectivity index (χ3n) is 5.40. The van der Waals surface area contributed by atoms with Crippen molar-refractivity contribution in [2.24, 2.45) is 4.99 Å². The average Bonchev–Trinajstić information content (AvgIpc) is 3.26. The van der Waals surface area contributed by atoms with E-state index in [1.807, 2.05) is 54.6 Å². The van der Waals surface area contributed by atoms with Crippen molar-refractivity contribution < 1.29 is 13.6 Å². The number of rotatable bonds is 4. The van der Waals surface area contributed by atoms with Crippen LogP contribution in [0.25, 0.3) is 11.5 Å². The van der Waals surface area contributed by atoms with E-state index >= 15 is 0 Å². The number of carbonyl (C=O) groups excluding carboxylic acids is 1. The Hall–Kier alpha value is -4.13. The van der Waals surface area contributed by atoms with Crippen molar-refractivity contribution in [3.63, 3.8) is 0 Å². The number of likely N-dealkylation sites (N-methyl/N-ethyl adjacent to an activating group) is 1. The Bertz CT molecular complexity index is 1300. The fourth-order valence-corrected chi connectivity index (χ4v) is 3.75. The van der Waals surface area contributed by atoms with Crippen molar-refractivity contribution >= 4 is 17.5 Å². The molecule has 0 saturated carbocycles. The molecule has 7 heteroatoms. The van der Waals surface area contributed by atoms with Gasteiger partial charge in [-0.25, -0.2) is 4.39 Å². The highest BCUT2D eigenvalue weighted by molar-refractivity contribution is 6.16. The Kier molecular flexibility index (Phi) is 5.07. The molecule has 0 aliphatic carbocycles.